The summed E-state index contributed by atoms with van der Waals surface area (Å²) in [6.45, 7) is 10.9. The smallest absolute Gasteiger partial charge is 0.0507 e. The van der Waals surface area contributed by atoms with Gasteiger partial charge in [0.2, 0.25) is 0 Å². The summed E-state index contributed by atoms with van der Waals surface area (Å²) in [5.74, 6) is 0.647. The van der Waals surface area contributed by atoms with Crippen molar-refractivity contribution in [2.45, 2.75) is 39.8 Å². The number of likely N-dealkylation sites (N-methyl/N-ethyl adjacent to an activating group) is 1. The van der Waals surface area contributed by atoms with Gasteiger partial charge in [0, 0.05) is 17.1 Å². The van der Waals surface area contributed by atoms with Crippen LogP contribution >= 0.6 is 15.9 Å². The minimum absolute atomic E-state index is 0.113. The highest BCUT2D eigenvalue weighted by molar-refractivity contribution is 9.10. The molecule has 3 heteroatoms. The third-order valence-electron chi connectivity index (χ3n) is 3.12. The van der Waals surface area contributed by atoms with Crippen LogP contribution in [0.2, 0.25) is 0 Å². The molecule has 102 valence electrons. The summed E-state index contributed by atoms with van der Waals surface area (Å²) in [5, 5.41) is 0. The molecule has 0 aromatic heterocycles. The molecule has 2 N–H and O–H groups in total. The summed E-state index contributed by atoms with van der Waals surface area (Å²) < 4.78 is 1.15. The lowest BCUT2D eigenvalue weighted by Crippen LogP contribution is -2.41. The lowest BCUT2D eigenvalue weighted by molar-refractivity contribution is 0.165. The molecule has 0 heterocycles. The van der Waals surface area contributed by atoms with Crippen LogP contribution in [0.25, 0.3) is 0 Å². The van der Waals surface area contributed by atoms with Gasteiger partial charge in [0.15, 0.2) is 0 Å². The number of halogens is 1. The van der Waals surface area contributed by atoms with Crippen LogP contribution in [-0.4, -0.2) is 24.0 Å². The molecule has 0 saturated carbocycles. The molecule has 0 aliphatic carbocycles. The summed E-state index contributed by atoms with van der Waals surface area (Å²) in [6, 6.07) is 8.77. The minimum Gasteiger partial charge on any atom is -0.326 e. The first kappa shape index (κ1) is 15.7. The van der Waals surface area contributed by atoms with E-state index in [1.165, 1.54) is 5.56 Å². The quantitative estimate of drug-likeness (QED) is 0.865. The van der Waals surface area contributed by atoms with E-state index in [0.29, 0.717) is 5.92 Å². The van der Waals surface area contributed by atoms with Crippen molar-refractivity contribution in [2.75, 3.05) is 13.1 Å². The van der Waals surface area contributed by atoms with Gasteiger partial charge in [-0.3, -0.25) is 4.90 Å². The molecule has 0 aliphatic rings. The highest BCUT2D eigenvalue weighted by atomic mass is 79.9. The van der Waals surface area contributed by atoms with Gasteiger partial charge in [0.25, 0.3) is 0 Å². The fourth-order valence-electron chi connectivity index (χ4n) is 2.44. The lowest BCUT2D eigenvalue weighted by atomic mass is 9.98. The number of rotatable bonds is 6. The van der Waals surface area contributed by atoms with Crippen molar-refractivity contribution in [2.24, 2.45) is 11.7 Å². The van der Waals surface area contributed by atoms with Crippen molar-refractivity contribution in [1.29, 1.82) is 0 Å². The highest BCUT2D eigenvalue weighted by Gasteiger charge is 2.24. The van der Waals surface area contributed by atoms with Crippen molar-refractivity contribution < 1.29 is 0 Å². The van der Waals surface area contributed by atoms with Gasteiger partial charge >= 0.3 is 0 Å². The zero-order valence-corrected chi connectivity index (χ0v) is 13.4. The van der Waals surface area contributed by atoms with E-state index in [1.807, 2.05) is 6.07 Å². The molecule has 0 radical (unpaired) electrons. The van der Waals surface area contributed by atoms with Crippen LogP contribution in [0.3, 0.4) is 0 Å². The van der Waals surface area contributed by atoms with E-state index >= 15 is 0 Å². The summed E-state index contributed by atoms with van der Waals surface area (Å²) in [6.07, 6.45) is 0. The first-order valence-corrected chi connectivity index (χ1v) is 7.50. The second kappa shape index (κ2) is 7.27. The maximum atomic E-state index is 6.23. The van der Waals surface area contributed by atoms with Gasteiger partial charge in [-0.1, -0.05) is 54.9 Å². The van der Waals surface area contributed by atoms with Crippen molar-refractivity contribution in [3.05, 3.63) is 34.3 Å². The Kier molecular flexibility index (Phi) is 6.33. The zero-order valence-electron chi connectivity index (χ0n) is 11.9. The van der Waals surface area contributed by atoms with Crippen molar-refractivity contribution in [3.63, 3.8) is 0 Å². The van der Waals surface area contributed by atoms with Crippen LogP contribution in [0.5, 0.6) is 0 Å². The van der Waals surface area contributed by atoms with E-state index in [0.717, 1.165) is 17.6 Å². The van der Waals surface area contributed by atoms with Gasteiger partial charge < -0.3 is 5.73 Å². The van der Waals surface area contributed by atoms with Crippen LogP contribution in [0, 0.1) is 5.92 Å². The molecule has 0 fully saturated rings. The summed E-state index contributed by atoms with van der Waals surface area (Å²) in [4.78, 5) is 2.47. The average Bonchev–Trinajstić information content (AvgIpc) is 2.29. The molecule has 2 atom stereocenters. The van der Waals surface area contributed by atoms with E-state index in [2.05, 4.69) is 66.7 Å². The van der Waals surface area contributed by atoms with Crippen LogP contribution < -0.4 is 5.73 Å². The number of nitrogens with zero attached hydrogens (tertiary/aromatic N) is 1. The Morgan fingerprint density at radius 3 is 2.28 bits per heavy atom. The fraction of sp³-hybridized carbons (Fsp3) is 0.600. The van der Waals surface area contributed by atoms with Gasteiger partial charge in [-0.25, -0.2) is 0 Å². The van der Waals surface area contributed by atoms with E-state index in [1.54, 1.807) is 0 Å². The average molecular weight is 313 g/mol. The summed E-state index contributed by atoms with van der Waals surface area (Å²) >= 11 is 3.65. The van der Waals surface area contributed by atoms with Crippen LogP contribution in [0.4, 0.5) is 0 Å². The molecule has 0 spiro atoms. The molecular weight excluding hydrogens is 288 g/mol. The maximum Gasteiger partial charge on any atom is 0.0507 e. The third-order valence-corrected chi connectivity index (χ3v) is 3.84. The molecule has 0 amide bonds. The maximum absolute atomic E-state index is 6.23. The Balaban J connectivity index is 3.05. The topological polar surface area (TPSA) is 29.3 Å². The summed E-state index contributed by atoms with van der Waals surface area (Å²) in [5.41, 5.74) is 7.51. The highest BCUT2D eigenvalue weighted by Crippen LogP contribution is 2.30. The number of nitrogens with two attached hydrogens (primary N) is 1. The Hall–Kier alpha value is -0.380. The molecule has 0 saturated heterocycles. The molecule has 2 nitrogen and oxygen atoms in total. The number of hydrogen-bond donors (Lipinski definition) is 1. The third kappa shape index (κ3) is 4.08. The van der Waals surface area contributed by atoms with Crippen LogP contribution in [-0.2, 0) is 0 Å². The number of hydrogen-bond acceptors (Lipinski definition) is 2. The van der Waals surface area contributed by atoms with Gasteiger partial charge in [0.1, 0.15) is 0 Å². The van der Waals surface area contributed by atoms with Gasteiger partial charge in [0.05, 0.1) is 6.04 Å². The molecule has 0 bridgehead atoms. The van der Waals surface area contributed by atoms with Gasteiger partial charge in [-0.2, -0.15) is 0 Å². The molecule has 1 aromatic rings. The molecule has 18 heavy (non-hydrogen) atoms. The first-order valence-electron chi connectivity index (χ1n) is 6.71. The standard InChI is InChI=1S/C15H25BrN2/c1-5-18(10-11(2)3)15(12(4)17)13-8-6-7-9-14(13)16/h6-9,11-12,15H,5,10,17H2,1-4H3. The normalized spacial score (nSPS) is 15.1. The molecule has 2 unspecified atom stereocenters. The predicted molar refractivity (Wildman–Crippen MR) is 82.6 cm³/mol. The van der Waals surface area contributed by atoms with Gasteiger partial charge in [-0.15, -0.1) is 0 Å². The SMILES string of the molecule is CCN(CC(C)C)C(c1ccccc1Br)C(C)N. The van der Waals surface area contributed by atoms with Crippen molar-refractivity contribution >= 4 is 15.9 Å². The lowest BCUT2D eigenvalue weighted by Gasteiger charge is -2.35. The second-order valence-corrected chi connectivity index (χ2v) is 6.16. The first-order chi connectivity index (χ1) is 8.47. The largest absolute Gasteiger partial charge is 0.326 e. The number of benzene rings is 1. The van der Waals surface area contributed by atoms with Gasteiger partial charge in [-0.05, 0) is 31.0 Å². The van der Waals surface area contributed by atoms with Crippen molar-refractivity contribution in [3.8, 4) is 0 Å². The van der Waals surface area contributed by atoms with Crippen LogP contribution in [0.15, 0.2) is 28.7 Å². The zero-order chi connectivity index (χ0) is 13.7. The molecule has 1 rings (SSSR count). The molecular formula is C15H25BrN2. The van der Waals surface area contributed by atoms with E-state index in [4.69, 9.17) is 5.73 Å². The van der Waals surface area contributed by atoms with E-state index in [-0.39, 0.29) is 12.1 Å². The Morgan fingerprint density at radius 2 is 1.83 bits per heavy atom. The van der Waals surface area contributed by atoms with E-state index < -0.39 is 0 Å². The second-order valence-electron chi connectivity index (χ2n) is 5.31. The van der Waals surface area contributed by atoms with E-state index in [9.17, 15) is 0 Å². The fourth-order valence-corrected chi connectivity index (χ4v) is 2.96. The predicted octanol–water partition coefficient (Wildman–Crippen LogP) is 3.82. The van der Waals surface area contributed by atoms with Crippen LogP contribution in [0.1, 0.15) is 39.3 Å². The summed E-state index contributed by atoms with van der Waals surface area (Å²) in [7, 11) is 0. The Morgan fingerprint density at radius 1 is 1.22 bits per heavy atom. The Labute approximate surface area is 120 Å². The molecule has 0 aliphatic heterocycles. The van der Waals surface area contributed by atoms with Crippen molar-refractivity contribution in [1.82, 2.24) is 4.90 Å². The minimum atomic E-state index is 0.113. The molecule has 1 aromatic carbocycles. The Bertz CT molecular complexity index is 363. The monoisotopic (exact) mass is 312 g/mol.